The van der Waals surface area contributed by atoms with Crippen LogP contribution in [0.1, 0.15) is 116 Å². The van der Waals surface area contributed by atoms with Gasteiger partial charge >= 0.3 is 442 Å². The molecule has 0 N–H and O–H groups in total. The van der Waals surface area contributed by atoms with Crippen LogP contribution in [0.2, 0.25) is 0 Å². The second-order valence-corrected chi connectivity index (χ2v) is 28.7. The Balaban J connectivity index is 1.00. The Kier molecular flexibility index (Phi) is 10.1. The van der Waals surface area contributed by atoms with Crippen molar-refractivity contribution in [1.29, 1.82) is 0 Å². The van der Waals surface area contributed by atoms with E-state index in [9.17, 15) is 0 Å². The van der Waals surface area contributed by atoms with Crippen molar-refractivity contribution in [2.24, 2.45) is 0 Å². The minimum atomic E-state index is -3.03. The van der Waals surface area contributed by atoms with Crippen molar-refractivity contribution < 1.29 is 0 Å². The van der Waals surface area contributed by atoms with Crippen LogP contribution in [0.4, 0.5) is 11.4 Å². The molecule has 16 rings (SSSR count). The van der Waals surface area contributed by atoms with Gasteiger partial charge in [-0.3, -0.25) is 0 Å². The van der Waals surface area contributed by atoms with E-state index >= 15 is 0 Å². The predicted octanol–water partition coefficient (Wildman–Crippen LogP) is 8.80. The summed E-state index contributed by atoms with van der Waals surface area (Å²) in [6, 6.07) is 64.6. The molecule has 7 aliphatic rings. The average Bonchev–Trinajstić information content (AvgIpc) is 4.01. The van der Waals surface area contributed by atoms with E-state index in [4.69, 9.17) is 0 Å². The number of para-hydroxylation sites is 2. The minimum absolute atomic E-state index is 0.0846. The number of anilines is 2. The molecule has 7 aromatic carbocycles. The molecule has 358 valence electrons. The van der Waals surface area contributed by atoms with Gasteiger partial charge in [0.05, 0.1) is 0 Å². The molecule has 6 heteroatoms. The topological polar surface area (TPSA) is 13.1 Å². The molecule has 0 bridgehead atoms. The molecule has 1 saturated carbocycles. The van der Waals surface area contributed by atoms with Crippen molar-refractivity contribution in [1.82, 2.24) is 9.13 Å². The van der Waals surface area contributed by atoms with E-state index in [1.54, 1.807) is 58.4 Å². The first-order chi connectivity index (χ1) is 36.2. The summed E-state index contributed by atoms with van der Waals surface area (Å²) in [4.78, 5) is 2.89. The maximum atomic E-state index is 2.89. The molecule has 2 aromatic heterocycles. The second-order valence-electron chi connectivity index (χ2n) is 22.7. The molecule has 3 aliphatic heterocycles. The number of hydrogen-bond donors (Lipinski definition) is 0. The van der Waals surface area contributed by atoms with Crippen LogP contribution in [0.5, 0.6) is 0 Å². The van der Waals surface area contributed by atoms with Crippen LogP contribution in [-0.2, 0) is 38.5 Å². The molecule has 3 nitrogen and oxygen atoms in total. The zero-order valence-electron chi connectivity index (χ0n) is 42.0. The quantitative estimate of drug-likeness (QED) is 0.157. The standard InChI is InChI=1S/C67H62BN3SeSi/c1-4-20-47(21-5-1)73(48-22-6-2-7-23-48)65-42-45(70-59-33-17-12-27-52(59)53-28-13-18-34-60(53)70)37-39-56(65)68-55-38-36-44(69-57-31-15-10-25-50(57)51-26-11-16-32-58(51)69)40-63(55)72-64-41-46(43-66(73)67(64)68)71-61-30-9-3-8-24-49(61)54-29-14-19-35-62(54)71/h1-2,4-7,10,14-15,19-23,25,29,31,35-43,49,61H,3,8-9,11-13,16-18,24,26-28,30,32-34H2. The summed E-state index contributed by atoms with van der Waals surface area (Å²) < 4.78 is 8.65. The van der Waals surface area contributed by atoms with Gasteiger partial charge in [0.15, 0.2) is 0 Å². The number of fused-ring (bicyclic) bond motifs is 13. The van der Waals surface area contributed by atoms with Gasteiger partial charge in [0.2, 0.25) is 0 Å². The summed E-state index contributed by atoms with van der Waals surface area (Å²) in [6.45, 7) is 0.148. The van der Waals surface area contributed by atoms with E-state index in [-0.39, 0.29) is 21.7 Å². The van der Waals surface area contributed by atoms with Gasteiger partial charge in [-0.2, -0.15) is 0 Å². The van der Waals surface area contributed by atoms with Crippen molar-refractivity contribution in [3.05, 3.63) is 197 Å². The fourth-order valence-electron chi connectivity index (χ4n) is 16.3. The van der Waals surface area contributed by atoms with Crippen molar-refractivity contribution >= 4 is 98.1 Å². The van der Waals surface area contributed by atoms with Gasteiger partial charge in [0, 0.05) is 0 Å². The first-order valence-electron chi connectivity index (χ1n) is 28.2. The van der Waals surface area contributed by atoms with Crippen LogP contribution >= 0.6 is 0 Å². The molecule has 73 heavy (non-hydrogen) atoms. The van der Waals surface area contributed by atoms with Crippen molar-refractivity contribution in [2.45, 2.75) is 121 Å². The van der Waals surface area contributed by atoms with Crippen molar-refractivity contribution in [2.75, 3.05) is 4.90 Å². The Labute approximate surface area is 438 Å². The summed E-state index contributed by atoms with van der Waals surface area (Å²) in [5, 5.41) is 7.67. The monoisotopic (exact) mass is 1030 g/mol. The van der Waals surface area contributed by atoms with Crippen LogP contribution in [0.25, 0.3) is 22.3 Å². The molecule has 0 saturated heterocycles. The predicted molar refractivity (Wildman–Crippen MR) is 310 cm³/mol. The molecule has 0 spiro atoms. The molecule has 9 aromatic rings. The number of aryl methyl sites for hydroxylation is 1. The Bertz CT molecular complexity index is 3630. The summed E-state index contributed by atoms with van der Waals surface area (Å²) in [7, 11) is -3.03. The number of rotatable bonds is 5. The molecular weight excluding hydrogens is 965 g/mol. The third kappa shape index (κ3) is 6.30. The average molecular weight is 1030 g/mol. The normalized spacial score (nSPS) is 19.9. The van der Waals surface area contributed by atoms with E-state index in [2.05, 4.69) is 172 Å². The van der Waals surface area contributed by atoms with Gasteiger partial charge < -0.3 is 0 Å². The van der Waals surface area contributed by atoms with Gasteiger partial charge in [-0.1, -0.05) is 0 Å². The maximum absolute atomic E-state index is 3.03. The summed E-state index contributed by atoms with van der Waals surface area (Å²) in [5.41, 5.74) is 23.0. The van der Waals surface area contributed by atoms with E-state index in [0.29, 0.717) is 12.0 Å². The fraction of sp³-hybridized carbons (Fsp3) is 0.284. The first kappa shape index (κ1) is 43.4. The molecule has 2 unspecified atom stereocenters. The molecule has 1 fully saturated rings. The zero-order chi connectivity index (χ0) is 47.8. The van der Waals surface area contributed by atoms with Gasteiger partial charge in [0.25, 0.3) is 0 Å². The molecule has 2 atom stereocenters. The number of hydrogen-bond acceptors (Lipinski definition) is 1. The van der Waals surface area contributed by atoms with Crippen LogP contribution in [0, 0.1) is 0 Å². The van der Waals surface area contributed by atoms with Crippen molar-refractivity contribution in [3.63, 3.8) is 0 Å². The Morgan fingerprint density at radius 2 is 1.04 bits per heavy atom. The van der Waals surface area contributed by atoms with Gasteiger partial charge in [-0.25, -0.2) is 0 Å². The number of aromatic nitrogens is 2. The SMILES string of the molecule is c1ccc([Si]2(c3ccccc3)c3cc(-n4c5c(c6c4CCCC6)CCCC5)ccc3B3c4ccc(-n5c6c(c7ccccc75)CCCC6)cc4[Se]c4cc(N5c6ccccc6C6CCCCCC65)cc2c43)cc1. The van der Waals surface area contributed by atoms with Crippen molar-refractivity contribution in [3.8, 4) is 11.4 Å². The first-order valence-corrected chi connectivity index (χ1v) is 32.0. The summed E-state index contributed by atoms with van der Waals surface area (Å²) >= 11 is 0.0846. The van der Waals surface area contributed by atoms with Crippen LogP contribution in [-0.4, -0.2) is 44.9 Å². The molecule has 5 heterocycles. The van der Waals surface area contributed by atoms with E-state index in [0.717, 1.165) is 6.42 Å². The van der Waals surface area contributed by atoms with E-state index in [1.807, 2.05) is 0 Å². The zero-order valence-corrected chi connectivity index (χ0v) is 44.7. The molecular formula is C67H62BN3SeSi. The van der Waals surface area contributed by atoms with E-state index in [1.165, 1.54) is 163 Å². The fourth-order valence-corrected chi connectivity index (χ4v) is 24.4. The molecule has 4 aliphatic carbocycles. The Morgan fingerprint density at radius 1 is 0.452 bits per heavy atom. The summed E-state index contributed by atoms with van der Waals surface area (Å²) in [6.07, 6.45) is 21.5. The summed E-state index contributed by atoms with van der Waals surface area (Å²) in [5.74, 6) is 0.571. The molecule has 0 radical (unpaired) electrons. The van der Waals surface area contributed by atoms with Crippen LogP contribution < -0.4 is 51.0 Å². The van der Waals surface area contributed by atoms with Gasteiger partial charge in [-0.05, 0) is 0 Å². The third-order valence-electron chi connectivity index (χ3n) is 19.2. The van der Waals surface area contributed by atoms with Gasteiger partial charge in [0.1, 0.15) is 0 Å². The number of nitrogens with zero attached hydrogens (tertiary/aromatic N) is 3. The van der Waals surface area contributed by atoms with E-state index < -0.39 is 8.07 Å². The Morgan fingerprint density at radius 3 is 1.79 bits per heavy atom. The van der Waals surface area contributed by atoms with Gasteiger partial charge in [-0.15, -0.1) is 0 Å². The Hall–Kier alpha value is -6.04. The second kappa shape index (κ2) is 17.0. The third-order valence-corrected chi connectivity index (χ3v) is 26.4. The van der Waals surface area contributed by atoms with Crippen LogP contribution in [0.3, 0.4) is 0 Å². The number of benzene rings is 7. The molecule has 0 amide bonds. The van der Waals surface area contributed by atoms with Crippen LogP contribution in [0.15, 0.2) is 158 Å².